The molecule has 7 atom stereocenters. The van der Waals surface area contributed by atoms with Gasteiger partial charge in [-0.1, -0.05) is 19.1 Å². The summed E-state index contributed by atoms with van der Waals surface area (Å²) in [7, 11) is 0. The molecule has 0 spiro atoms. The molecule has 300 valence electrons. The zero-order chi connectivity index (χ0) is 39.9. The van der Waals surface area contributed by atoms with Gasteiger partial charge in [0.2, 0.25) is 5.91 Å². The lowest BCUT2D eigenvalue weighted by Gasteiger charge is -2.43. The fourth-order valence-corrected chi connectivity index (χ4v) is 8.03. The molecule has 1 amide bonds. The standard InChI is InChI=1S/C41H49N3O12/c1-4-30-27-10-12-42-29(27)19-44(30)35-37-25(15-28-31(47)13-22(2)54-38(28)35)16-33(40(3,55-37)11-9-24-14-34(49)43-18-24)56-53-21-41(52,39(51)36(50)32(48)20-45)17-23-5-7-26(46)8-6-23/h5-8,10,12-13,15,19,24,32-33,36,39,42,45-46,48,50-52H,4,9,11,14,16-18,20-21H2,1-3H3,(H,43,49)/t24-,32+,33+,36+,39-,40+,41-/m0/s1. The highest BCUT2D eigenvalue weighted by atomic mass is 17.2. The molecular weight excluding hydrogens is 726 g/mol. The maximum Gasteiger partial charge on any atom is 0.220 e. The average molecular weight is 776 g/mol. The highest BCUT2D eigenvalue weighted by molar-refractivity contribution is 5.92. The molecule has 15 heteroatoms. The Bertz CT molecular complexity index is 2260. The summed E-state index contributed by atoms with van der Waals surface area (Å²) < 4.78 is 15.4. The van der Waals surface area contributed by atoms with Gasteiger partial charge in [0.05, 0.1) is 17.5 Å². The van der Waals surface area contributed by atoms with Gasteiger partial charge >= 0.3 is 0 Å². The molecule has 1 fully saturated rings. The van der Waals surface area contributed by atoms with E-state index in [1.165, 1.54) is 30.3 Å². The number of rotatable bonds is 15. The Hall–Kier alpha value is -4.74. The fraction of sp³-hybridized carbons (Fsp3) is 0.463. The van der Waals surface area contributed by atoms with Crippen LogP contribution in [0.25, 0.3) is 27.6 Å². The predicted molar refractivity (Wildman–Crippen MR) is 204 cm³/mol. The SMILES string of the molecule is CCc1c2cc[nH]c2cn1-c1c2c(cc3c(=O)cc(C)oc13)C[C@@H](OOC[C@@](O)(Cc1ccc(O)cc1)[C@@H](O)[C@H](O)[C@H](O)CO)[C@@](C)(CC[C@@H]1CNC(=O)C1)O2. The molecule has 5 heterocycles. The average Bonchev–Trinajstić information content (AvgIpc) is 3.90. The van der Waals surface area contributed by atoms with Crippen LogP contribution in [0.4, 0.5) is 0 Å². The van der Waals surface area contributed by atoms with Gasteiger partial charge in [-0.2, -0.15) is 0 Å². The van der Waals surface area contributed by atoms with Gasteiger partial charge in [-0.15, -0.1) is 0 Å². The number of aryl methyl sites for hydroxylation is 2. The lowest BCUT2D eigenvalue weighted by Crippen LogP contribution is -2.58. The number of aromatic hydroxyl groups is 1. The lowest BCUT2D eigenvalue weighted by atomic mass is 9.83. The quantitative estimate of drug-likeness (QED) is 0.0567. The van der Waals surface area contributed by atoms with Crippen molar-refractivity contribution < 1.29 is 54.4 Å². The van der Waals surface area contributed by atoms with E-state index in [1.54, 1.807) is 13.0 Å². The molecule has 3 aromatic heterocycles. The van der Waals surface area contributed by atoms with Crippen molar-refractivity contribution in [3.63, 3.8) is 0 Å². The van der Waals surface area contributed by atoms with Gasteiger partial charge in [0.1, 0.15) is 59.4 Å². The number of carbonyl (C=O) groups excluding carboxylic acids is 1. The minimum atomic E-state index is -2.26. The second-order valence-electron chi connectivity index (χ2n) is 15.4. The summed E-state index contributed by atoms with van der Waals surface area (Å²) in [4.78, 5) is 40.8. The highest BCUT2D eigenvalue weighted by Crippen LogP contribution is 2.46. The summed E-state index contributed by atoms with van der Waals surface area (Å²) in [6.45, 7) is 4.57. The van der Waals surface area contributed by atoms with E-state index in [0.717, 1.165) is 16.6 Å². The van der Waals surface area contributed by atoms with Crippen LogP contribution in [0.3, 0.4) is 0 Å². The monoisotopic (exact) mass is 775 g/mol. The Morgan fingerprint density at radius 3 is 2.55 bits per heavy atom. The largest absolute Gasteiger partial charge is 0.508 e. The number of nitrogens with one attached hydrogen (secondary N) is 2. The minimum Gasteiger partial charge on any atom is -0.508 e. The highest BCUT2D eigenvalue weighted by Gasteiger charge is 2.47. The number of nitrogens with zero attached hydrogens (tertiary/aromatic N) is 1. The number of H-pyrrole nitrogens is 1. The molecule has 5 aromatic rings. The number of phenolic OH excluding ortho intramolecular Hbond substituents is 1. The number of phenols is 1. The van der Waals surface area contributed by atoms with E-state index in [4.69, 9.17) is 18.9 Å². The first-order valence-electron chi connectivity index (χ1n) is 18.9. The number of hydrogen-bond acceptors (Lipinski definition) is 12. The smallest absolute Gasteiger partial charge is 0.220 e. The van der Waals surface area contributed by atoms with Crippen molar-refractivity contribution in [2.75, 3.05) is 19.8 Å². The van der Waals surface area contributed by atoms with E-state index >= 15 is 0 Å². The molecular formula is C41H49N3O12. The van der Waals surface area contributed by atoms with Crippen LogP contribution in [0.2, 0.25) is 0 Å². The molecule has 56 heavy (non-hydrogen) atoms. The molecule has 15 nitrogen and oxygen atoms in total. The first-order valence-corrected chi connectivity index (χ1v) is 18.9. The van der Waals surface area contributed by atoms with Crippen molar-refractivity contribution in [3.8, 4) is 17.2 Å². The zero-order valence-electron chi connectivity index (χ0n) is 31.5. The number of carbonyl (C=O) groups is 1. The summed E-state index contributed by atoms with van der Waals surface area (Å²) in [5, 5.41) is 67.3. The summed E-state index contributed by atoms with van der Waals surface area (Å²) in [6.07, 6.45) is -0.885. The number of aliphatic hydroxyl groups excluding tert-OH is 4. The van der Waals surface area contributed by atoms with Crippen molar-refractivity contribution in [1.82, 2.24) is 14.9 Å². The molecule has 2 aliphatic rings. The number of ether oxygens (including phenoxy) is 1. The maximum absolute atomic E-state index is 13.5. The summed E-state index contributed by atoms with van der Waals surface area (Å²) in [5.74, 6) is 0.920. The van der Waals surface area contributed by atoms with E-state index < -0.39 is 48.8 Å². The van der Waals surface area contributed by atoms with E-state index in [0.29, 0.717) is 71.5 Å². The summed E-state index contributed by atoms with van der Waals surface area (Å²) in [5.41, 5.74) is 0.267. The Morgan fingerprint density at radius 2 is 1.86 bits per heavy atom. The van der Waals surface area contributed by atoms with Crippen molar-refractivity contribution in [2.24, 2.45) is 5.92 Å². The Balaban J connectivity index is 1.27. The minimum absolute atomic E-state index is 0.0214. The van der Waals surface area contributed by atoms with Crippen LogP contribution in [-0.2, 0) is 33.8 Å². The first kappa shape index (κ1) is 39.5. The Morgan fingerprint density at radius 1 is 1.09 bits per heavy atom. The predicted octanol–water partition coefficient (Wildman–Crippen LogP) is 2.62. The summed E-state index contributed by atoms with van der Waals surface area (Å²) in [6, 6.07) is 11.0. The van der Waals surface area contributed by atoms with Crippen LogP contribution in [0.1, 0.15) is 55.7 Å². The number of benzene rings is 2. The molecule has 0 bridgehead atoms. The second kappa shape index (κ2) is 15.7. The molecule has 2 aromatic carbocycles. The number of aliphatic hydroxyl groups is 5. The van der Waals surface area contributed by atoms with Gasteiger partial charge in [0, 0.05) is 60.9 Å². The Kier molecular flexibility index (Phi) is 11.0. The van der Waals surface area contributed by atoms with Crippen LogP contribution in [0.5, 0.6) is 11.5 Å². The van der Waals surface area contributed by atoms with Crippen molar-refractivity contribution in [3.05, 3.63) is 87.7 Å². The number of hydrogen-bond donors (Lipinski definition) is 8. The molecule has 0 saturated carbocycles. The lowest BCUT2D eigenvalue weighted by molar-refractivity contribution is -0.371. The van der Waals surface area contributed by atoms with Gasteiger partial charge in [-0.25, -0.2) is 9.78 Å². The first-order chi connectivity index (χ1) is 26.7. The van der Waals surface area contributed by atoms with Gasteiger partial charge < -0.3 is 54.7 Å². The number of fused-ring (bicyclic) bond motifs is 3. The molecule has 8 N–H and O–H groups in total. The van der Waals surface area contributed by atoms with E-state index in [2.05, 4.69) is 10.3 Å². The van der Waals surface area contributed by atoms with Gasteiger partial charge in [0.25, 0.3) is 0 Å². The summed E-state index contributed by atoms with van der Waals surface area (Å²) >= 11 is 0. The third kappa shape index (κ3) is 7.55. The van der Waals surface area contributed by atoms with Crippen molar-refractivity contribution in [1.29, 1.82) is 0 Å². The third-order valence-corrected chi connectivity index (χ3v) is 11.3. The third-order valence-electron chi connectivity index (χ3n) is 11.3. The van der Waals surface area contributed by atoms with Gasteiger partial charge in [-0.05, 0) is 68.9 Å². The van der Waals surface area contributed by atoms with Crippen molar-refractivity contribution >= 4 is 27.8 Å². The van der Waals surface area contributed by atoms with Crippen LogP contribution >= 0.6 is 0 Å². The Labute approximate surface area is 322 Å². The van der Waals surface area contributed by atoms with Gasteiger partial charge in [0.15, 0.2) is 16.8 Å². The van der Waals surface area contributed by atoms with Gasteiger partial charge in [-0.3, -0.25) is 9.59 Å². The number of aromatic nitrogens is 2. The van der Waals surface area contributed by atoms with Crippen molar-refractivity contribution in [2.45, 2.75) is 94.9 Å². The van der Waals surface area contributed by atoms with Crippen LogP contribution in [-0.4, -0.2) is 101 Å². The van der Waals surface area contributed by atoms with Crippen LogP contribution < -0.4 is 15.5 Å². The molecule has 7 rings (SSSR count). The normalized spacial score (nSPS) is 22.4. The van der Waals surface area contributed by atoms with E-state index in [9.17, 15) is 40.2 Å². The molecule has 1 saturated heterocycles. The fourth-order valence-electron chi connectivity index (χ4n) is 8.03. The topological polar surface area (TPSA) is 229 Å². The zero-order valence-corrected chi connectivity index (χ0v) is 31.5. The van der Waals surface area contributed by atoms with E-state index in [-0.39, 0.29) is 35.8 Å². The number of amides is 1. The number of aromatic amines is 1. The second-order valence-corrected chi connectivity index (χ2v) is 15.4. The molecule has 0 aliphatic carbocycles. The van der Waals surface area contributed by atoms with Crippen LogP contribution in [0, 0.1) is 12.8 Å². The maximum atomic E-state index is 13.5. The molecule has 0 radical (unpaired) electrons. The molecule has 0 unspecified atom stereocenters. The van der Waals surface area contributed by atoms with Crippen LogP contribution in [0.15, 0.2) is 64.1 Å². The van der Waals surface area contributed by atoms with E-state index in [1.807, 2.05) is 36.9 Å². The molecule has 2 aliphatic heterocycles.